The van der Waals surface area contributed by atoms with Gasteiger partial charge in [0.2, 0.25) is 0 Å². The van der Waals surface area contributed by atoms with E-state index >= 15 is 0 Å². The summed E-state index contributed by atoms with van der Waals surface area (Å²) in [5, 5.41) is 8.79. The van der Waals surface area contributed by atoms with Gasteiger partial charge >= 0.3 is 0 Å². The number of hydrogen-bond donors (Lipinski definition) is 1. The molecule has 0 aromatic heterocycles. The van der Waals surface area contributed by atoms with Crippen LogP contribution in [-0.2, 0) is 0 Å². The summed E-state index contributed by atoms with van der Waals surface area (Å²) in [4.78, 5) is 1.87. The van der Waals surface area contributed by atoms with Crippen molar-refractivity contribution in [1.29, 1.82) is 5.26 Å². The van der Waals surface area contributed by atoms with Gasteiger partial charge in [-0.15, -0.1) is 0 Å². The van der Waals surface area contributed by atoms with Gasteiger partial charge in [-0.2, -0.15) is 5.26 Å². The van der Waals surface area contributed by atoms with E-state index in [4.69, 9.17) is 11.0 Å². The van der Waals surface area contributed by atoms with E-state index in [1.165, 1.54) is 0 Å². The third-order valence-corrected chi connectivity index (χ3v) is 1.67. The lowest BCUT2D eigenvalue weighted by Crippen LogP contribution is -2.11. The smallest absolute Gasteiger partial charge is 0.104 e. The molecule has 0 aliphatic carbocycles. The highest BCUT2D eigenvalue weighted by Crippen LogP contribution is 2.22. The minimum absolute atomic E-state index is 0.531. The normalized spacial score (nSPS) is 9.08. The van der Waals surface area contributed by atoms with Gasteiger partial charge in [0.25, 0.3) is 0 Å². The molecule has 0 spiro atoms. The molecular weight excluding hydrogens is 150 g/mol. The zero-order chi connectivity index (χ0) is 9.14. The van der Waals surface area contributed by atoms with Crippen LogP contribution in [0.25, 0.3) is 0 Å². The lowest BCUT2D eigenvalue weighted by molar-refractivity contribution is 1.13. The highest BCUT2D eigenvalue weighted by atomic mass is 15.1. The van der Waals surface area contributed by atoms with Crippen molar-refractivity contribution in [3.05, 3.63) is 23.8 Å². The van der Waals surface area contributed by atoms with Crippen molar-refractivity contribution in [2.75, 3.05) is 24.7 Å². The minimum Gasteiger partial charge on any atom is -0.398 e. The van der Waals surface area contributed by atoms with E-state index in [2.05, 4.69) is 6.07 Å². The molecule has 0 aliphatic heterocycles. The van der Waals surface area contributed by atoms with E-state index in [0.29, 0.717) is 11.3 Å². The third-order valence-electron chi connectivity index (χ3n) is 1.67. The molecule has 0 heterocycles. The van der Waals surface area contributed by atoms with Gasteiger partial charge in [0.1, 0.15) is 6.07 Å². The number of nitrogens with two attached hydrogens (primary N) is 1. The Hall–Kier alpha value is -1.69. The fourth-order valence-electron chi connectivity index (χ4n) is 1.05. The van der Waals surface area contributed by atoms with Crippen molar-refractivity contribution < 1.29 is 0 Å². The Labute approximate surface area is 72.0 Å². The SMILES string of the molecule is CN(C)c1cccc(N)c1C#N. The van der Waals surface area contributed by atoms with Gasteiger partial charge in [0.15, 0.2) is 0 Å². The summed E-state index contributed by atoms with van der Waals surface area (Å²) in [6.07, 6.45) is 0. The zero-order valence-electron chi connectivity index (χ0n) is 7.20. The quantitative estimate of drug-likeness (QED) is 0.630. The first-order chi connectivity index (χ1) is 5.66. The molecule has 3 heteroatoms. The maximum absolute atomic E-state index is 8.79. The topological polar surface area (TPSA) is 53.0 Å². The van der Waals surface area contributed by atoms with E-state index in [1.807, 2.05) is 31.1 Å². The lowest BCUT2D eigenvalue weighted by atomic mass is 10.1. The number of benzene rings is 1. The second kappa shape index (κ2) is 3.14. The molecule has 2 N–H and O–H groups in total. The van der Waals surface area contributed by atoms with Gasteiger partial charge < -0.3 is 10.6 Å². The number of hydrogen-bond acceptors (Lipinski definition) is 3. The number of nitrogen functional groups attached to an aromatic ring is 1. The van der Waals surface area contributed by atoms with E-state index in [0.717, 1.165) is 5.69 Å². The molecule has 0 fully saturated rings. The van der Waals surface area contributed by atoms with Crippen LogP contribution in [0.15, 0.2) is 18.2 Å². The first-order valence-electron chi connectivity index (χ1n) is 3.62. The molecule has 0 bridgehead atoms. The Morgan fingerprint density at radius 3 is 2.50 bits per heavy atom. The molecule has 3 nitrogen and oxygen atoms in total. The van der Waals surface area contributed by atoms with Gasteiger partial charge in [0.05, 0.1) is 16.9 Å². The van der Waals surface area contributed by atoms with Crippen molar-refractivity contribution in [3.8, 4) is 6.07 Å². The Morgan fingerprint density at radius 1 is 1.42 bits per heavy atom. The van der Waals surface area contributed by atoms with Crippen LogP contribution >= 0.6 is 0 Å². The molecule has 0 saturated carbocycles. The van der Waals surface area contributed by atoms with Crippen LogP contribution in [0.1, 0.15) is 5.56 Å². The maximum atomic E-state index is 8.79. The first-order valence-corrected chi connectivity index (χ1v) is 3.62. The zero-order valence-corrected chi connectivity index (χ0v) is 7.20. The number of nitrogens with zero attached hydrogens (tertiary/aromatic N) is 2. The first kappa shape index (κ1) is 8.41. The summed E-state index contributed by atoms with van der Waals surface area (Å²) >= 11 is 0. The van der Waals surface area contributed by atoms with E-state index < -0.39 is 0 Å². The monoisotopic (exact) mass is 161 g/mol. The number of nitriles is 1. The Morgan fingerprint density at radius 2 is 2.08 bits per heavy atom. The van der Waals surface area contributed by atoms with Crippen LogP contribution in [0.2, 0.25) is 0 Å². The van der Waals surface area contributed by atoms with Crippen LogP contribution in [0.4, 0.5) is 11.4 Å². The van der Waals surface area contributed by atoms with Gasteiger partial charge in [0, 0.05) is 14.1 Å². The van der Waals surface area contributed by atoms with E-state index in [-0.39, 0.29) is 0 Å². The molecule has 0 saturated heterocycles. The largest absolute Gasteiger partial charge is 0.398 e. The van der Waals surface area contributed by atoms with Crippen LogP contribution < -0.4 is 10.6 Å². The van der Waals surface area contributed by atoms with Gasteiger partial charge in [-0.1, -0.05) is 6.07 Å². The molecule has 1 aromatic carbocycles. The third kappa shape index (κ3) is 1.32. The summed E-state index contributed by atoms with van der Waals surface area (Å²) in [5.41, 5.74) is 7.55. The molecule has 12 heavy (non-hydrogen) atoms. The molecule has 0 unspecified atom stereocenters. The molecule has 0 atom stereocenters. The highest BCUT2D eigenvalue weighted by Gasteiger charge is 2.05. The van der Waals surface area contributed by atoms with Crippen LogP contribution in [0.3, 0.4) is 0 Å². The molecule has 1 rings (SSSR count). The van der Waals surface area contributed by atoms with E-state index in [9.17, 15) is 0 Å². The Balaban J connectivity index is 3.30. The second-order valence-electron chi connectivity index (χ2n) is 2.75. The van der Waals surface area contributed by atoms with Gasteiger partial charge in [-0.3, -0.25) is 0 Å². The fourth-order valence-corrected chi connectivity index (χ4v) is 1.05. The Kier molecular flexibility index (Phi) is 2.20. The minimum atomic E-state index is 0.531. The van der Waals surface area contributed by atoms with E-state index in [1.54, 1.807) is 6.07 Å². The maximum Gasteiger partial charge on any atom is 0.104 e. The lowest BCUT2D eigenvalue weighted by Gasteiger charge is -2.14. The standard InChI is InChI=1S/C9H11N3/c1-12(2)9-5-3-4-8(11)7(9)6-10/h3-5H,11H2,1-2H3. The highest BCUT2D eigenvalue weighted by molar-refractivity contribution is 5.69. The predicted molar refractivity (Wildman–Crippen MR) is 49.9 cm³/mol. The van der Waals surface area contributed by atoms with Crippen LogP contribution in [-0.4, -0.2) is 14.1 Å². The summed E-state index contributed by atoms with van der Waals surface area (Å²) < 4.78 is 0. The average Bonchev–Trinajstić information content (AvgIpc) is 2.03. The molecule has 1 aromatic rings. The molecular formula is C9H11N3. The summed E-state index contributed by atoms with van der Waals surface area (Å²) in [6.45, 7) is 0. The van der Waals surface area contributed by atoms with Crippen molar-refractivity contribution in [1.82, 2.24) is 0 Å². The molecule has 0 amide bonds. The molecule has 0 aliphatic rings. The second-order valence-corrected chi connectivity index (χ2v) is 2.75. The molecule has 62 valence electrons. The number of rotatable bonds is 1. The summed E-state index contributed by atoms with van der Waals surface area (Å²) in [6, 6.07) is 7.52. The van der Waals surface area contributed by atoms with Crippen LogP contribution in [0.5, 0.6) is 0 Å². The predicted octanol–water partition coefficient (Wildman–Crippen LogP) is 1.21. The number of anilines is 2. The van der Waals surface area contributed by atoms with Gasteiger partial charge in [-0.05, 0) is 12.1 Å². The van der Waals surface area contributed by atoms with Crippen molar-refractivity contribution in [2.24, 2.45) is 0 Å². The fraction of sp³-hybridized carbons (Fsp3) is 0.222. The average molecular weight is 161 g/mol. The van der Waals surface area contributed by atoms with Crippen LogP contribution in [0, 0.1) is 11.3 Å². The van der Waals surface area contributed by atoms with Crippen molar-refractivity contribution >= 4 is 11.4 Å². The van der Waals surface area contributed by atoms with Crippen molar-refractivity contribution in [3.63, 3.8) is 0 Å². The Bertz CT molecular complexity index is 323. The van der Waals surface area contributed by atoms with Crippen molar-refractivity contribution in [2.45, 2.75) is 0 Å². The summed E-state index contributed by atoms with van der Waals surface area (Å²) in [7, 11) is 3.77. The summed E-state index contributed by atoms with van der Waals surface area (Å²) in [5.74, 6) is 0. The van der Waals surface area contributed by atoms with Gasteiger partial charge in [-0.25, -0.2) is 0 Å². The molecule has 0 radical (unpaired) electrons.